The molecular formula is C58H28N4. The third-order valence-electron chi connectivity index (χ3n) is 12.9. The van der Waals surface area contributed by atoms with Gasteiger partial charge in [-0.1, -0.05) is 146 Å². The molecule has 0 spiro atoms. The molecule has 4 nitrogen and oxygen atoms in total. The topological polar surface area (TPSA) is 95.2 Å². The highest BCUT2D eigenvalue weighted by molar-refractivity contribution is 6.35. The van der Waals surface area contributed by atoms with Crippen LogP contribution >= 0.6 is 0 Å². The maximum Gasteiger partial charge on any atom is 0.0998 e. The molecule has 10 aromatic carbocycles. The van der Waals surface area contributed by atoms with E-state index in [4.69, 9.17) is 0 Å². The summed E-state index contributed by atoms with van der Waals surface area (Å²) >= 11 is 0. The van der Waals surface area contributed by atoms with Gasteiger partial charge in [-0.05, 0) is 134 Å². The molecule has 0 N–H and O–H groups in total. The van der Waals surface area contributed by atoms with Gasteiger partial charge in [0.2, 0.25) is 0 Å². The molecule has 10 aromatic rings. The van der Waals surface area contributed by atoms with E-state index >= 15 is 0 Å². The minimum absolute atomic E-state index is 0.410. The Balaban J connectivity index is 1.28. The van der Waals surface area contributed by atoms with Crippen molar-refractivity contribution in [3.8, 4) is 113 Å². The van der Waals surface area contributed by atoms with Crippen molar-refractivity contribution in [2.75, 3.05) is 0 Å². The maximum atomic E-state index is 10.7. The second-order valence-corrected chi connectivity index (χ2v) is 15.9. The summed E-state index contributed by atoms with van der Waals surface area (Å²) in [4.78, 5) is 0. The predicted molar refractivity (Wildman–Crippen MR) is 248 cm³/mol. The molecule has 280 valence electrons. The molecule has 0 saturated heterocycles. The molecule has 0 heterocycles. The fourth-order valence-electron chi connectivity index (χ4n) is 10.5. The van der Waals surface area contributed by atoms with Crippen molar-refractivity contribution in [2.45, 2.75) is 0 Å². The molecular weight excluding hydrogens is 753 g/mol. The van der Waals surface area contributed by atoms with Crippen LogP contribution in [-0.2, 0) is 0 Å². The van der Waals surface area contributed by atoms with E-state index in [1.54, 1.807) is 24.3 Å². The molecule has 0 atom stereocenters. The highest BCUT2D eigenvalue weighted by Gasteiger charge is 2.37. The lowest BCUT2D eigenvalue weighted by Gasteiger charge is -2.22. The Morgan fingerprint density at radius 1 is 0.258 bits per heavy atom. The zero-order valence-corrected chi connectivity index (χ0v) is 33.0. The minimum Gasteiger partial charge on any atom is -0.192 e. The number of hydrogen-bond donors (Lipinski definition) is 0. The molecule has 0 fully saturated rings. The first kappa shape index (κ1) is 34.9. The summed E-state index contributed by atoms with van der Waals surface area (Å²) in [6, 6.07) is 67.4. The molecule has 4 heteroatoms. The average Bonchev–Trinajstić information content (AvgIpc) is 3.85. The molecule has 0 unspecified atom stereocenters. The first-order valence-corrected chi connectivity index (χ1v) is 20.4. The van der Waals surface area contributed by atoms with Crippen LogP contribution in [0, 0.1) is 45.3 Å². The third kappa shape index (κ3) is 4.67. The number of nitrogens with zero attached hydrogens (tertiary/aromatic N) is 4. The Kier molecular flexibility index (Phi) is 7.45. The molecule has 12 rings (SSSR count). The van der Waals surface area contributed by atoms with E-state index in [0.717, 1.165) is 88.3 Å². The van der Waals surface area contributed by atoms with Gasteiger partial charge in [-0.25, -0.2) is 0 Å². The zero-order chi connectivity index (χ0) is 41.6. The highest BCUT2D eigenvalue weighted by atomic mass is 14.4. The Labute approximate surface area is 357 Å². The number of fused-ring (bicyclic) bond motifs is 8. The number of hydrogen-bond acceptors (Lipinski definition) is 4. The van der Waals surface area contributed by atoms with Crippen LogP contribution in [0.5, 0.6) is 0 Å². The Morgan fingerprint density at radius 2 is 0.565 bits per heavy atom. The van der Waals surface area contributed by atoms with Crippen LogP contribution in [0.3, 0.4) is 0 Å². The Hall–Kier alpha value is -9.06. The molecule has 62 heavy (non-hydrogen) atoms. The highest BCUT2D eigenvalue weighted by Crippen LogP contribution is 2.64. The fraction of sp³-hybridized carbons (Fsp3) is 0. The van der Waals surface area contributed by atoms with Gasteiger partial charge in [0.1, 0.15) is 0 Å². The summed E-state index contributed by atoms with van der Waals surface area (Å²) in [6.07, 6.45) is 0. The summed E-state index contributed by atoms with van der Waals surface area (Å²) in [5.41, 5.74) is 18.3. The molecule has 2 aliphatic carbocycles. The van der Waals surface area contributed by atoms with Crippen LogP contribution in [0.2, 0.25) is 0 Å². The van der Waals surface area contributed by atoms with Crippen molar-refractivity contribution in [2.24, 2.45) is 0 Å². The molecule has 0 radical (unpaired) electrons. The molecule has 0 aliphatic heterocycles. The van der Waals surface area contributed by atoms with E-state index in [9.17, 15) is 21.0 Å². The second-order valence-electron chi connectivity index (χ2n) is 15.9. The summed E-state index contributed by atoms with van der Waals surface area (Å²) in [6.45, 7) is 0. The minimum atomic E-state index is 0.410. The molecule has 0 saturated carbocycles. The summed E-state index contributed by atoms with van der Waals surface area (Å²) in [5, 5.41) is 47.6. The van der Waals surface area contributed by atoms with Gasteiger partial charge in [0, 0.05) is 11.1 Å². The SMILES string of the molecule is N#Cc1ccc(-c2c3c(c(-c4ccc(C#N)cc4C#N)c4ccccc24)-c2ccc4c5c(ccc-3c25)-c2c-4c(-c3ccccc3)c3ccccc3c2-c2ccccc2)c(C#N)c1. The lowest BCUT2D eigenvalue weighted by molar-refractivity contribution is 1.44. The van der Waals surface area contributed by atoms with Crippen molar-refractivity contribution >= 4 is 32.3 Å². The van der Waals surface area contributed by atoms with Crippen molar-refractivity contribution in [1.29, 1.82) is 21.0 Å². The lowest BCUT2D eigenvalue weighted by Crippen LogP contribution is -1.97. The van der Waals surface area contributed by atoms with Crippen molar-refractivity contribution in [1.82, 2.24) is 0 Å². The quantitative estimate of drug-likeness (QED) is 0.178. The normalized spacial score (nSPS) is 11.5. The first-order valence-electron chi connectivity index (χ1n) is 20.4. The molecule has 0 amide bonds. The van der Waals surface area contributed by atoms with Crippen LogP contribution in [0.1, 0.15) is 22.3 Å². The van der Waals surface area contributed by atoms with E-state index in [-0.39, 0.29) is 0 Å². The summed E-state index contributed by atoms with van der Waals surface area (Å²) in [5.74, 6) is 0. The molecule has 0 aromatic heterocycles. The molecule has 0 bridgehead atoms. The standard InChI is InChI=1S/C58H28N4/c59-29-33-19-21-39(37(27-33)31-61)51-43-17-9-10-18-44(43)52(40-22-20-34(30-60)28-38(40)32-62)58-48-26-24-46-53-45(23-25-47(54(48)53)57(51)58)55-49(35-11-3-1-4-12-35)41-15-7-8-16-42(41)50(56(46)55)36-13-5-2-6-14-36/h1-28H. The lowest BCUT2D eigenvalue weighted by atomic mass is 9.80. The number of benzene rings is 10. The van der Waals surface area contributed by atoms with Crippen LogP contribution in [0.25, 0.3) is 121 Å². The summed E-state index contributed by atoms with van der Waals surface area (Å²) in [7, 11) is 0. The van der Waals surface area contributed by atoms with Gasteiger partial charge in [0.05, 0.1) is 46.5 Å². The second kappa shape index (κ2) is 13.2. The summed E-state index contributed by atoms with van der Waals surface area (Å²) < 4.78 is 0. The van der Waals surface area contributed by atoms with Crippen molar-refractivity contribution in [3.63, 3.8) is 0 Å². The van der Waals surface area contributed by atoms with Crippen LogP contribution in [-0.4, -0.2) is 0 Å². The third-order valence-corrected chi connectivity index (χ3v) is 12.9. The average molecular weight is 781 g/mol. The number of nitriles is 4. The van der Waals surface area contributed by atoms with Gasteiger partial charge >= 0.3 is 0 Å². The number of rotatable bonds is 4. The van der Waals surface area contributed by atoms with Crippen molar-refractivity contribution in [3.05, 3.63) is 192 Å². The van der Waals surface area contributed by atoms with E-state index < -0.39 is 0 Å². The van der Waals surface area contributed by atoms with Gasteiger partial charge < -0.3 is 0 Å². The van der Waals surface area contributed by atoms with Gasteiger partial charge in [0.25, 0.3) is 0 Å². The van der Waals surface area contributed by atoms with Gasteiger partial charge in [-0.3, -0.25) is 0 Å². The van der Waals surface area contributed by atoms with E-state index in [1.807, 2.05) is 24.3 Å². The smallest absolute Gasteiger partial charge is 0.0998 e. The van der Waals surface area contributed by atoms with Crippen LogP contribution in [0.4, 0.5) is 0 Å². The predicted octanol–water partition coefficient (Wildman–Crippen LogP) is 14.6. The maximum absolute atomic E-state index is 10.7. The van der Waals surface area contributed by atoms with Crippen LogP contribution < -0.4 is 0 Å². The van der Waals surface area contributed by atoms with E-state index in [1.165, 1.54) is 33.0 Å². The Bertz CT molecular complexity index is 3590. The fourth-order valence-corrected chi connectivity index (χ4v) is 10.5. The van der Waals surface area contributed by atoms with E-state index in [2.05, 4.69) is 146 Å². The Morgan fingerprint density at radius 3 is 0.903 bits per heavy atom. The largest absolute Gasteiger partial charge is 0.192 e. The zero-order valence-electron chi connectivity index (χ0n) is 33.0. The first-order chi connectivity index (χ1) is 30.6. The van der Waals surface area contributed by atoms with Gasteiger partial charge in [0.15, 0.2) is 0 Å². The van der Waals surface area contributed by atoms with Crippen LogP contribution in [0.15, 0.2) is 170 Å². The van der Waals surface area contributed by atoms with Gasteiger partial charge in [-0.2, -0.15) is 21.0 Å². The monoisotopic (exact) mass is 780 g/mol. The van der Waals surface area contributed by atoms with Gasteiger partial charge in [-0.15, -0.1) is 0 Å². The molecule has 2 aliphatic rings. The van der Waals surface area contributed by atoms with E-state index in [0.29, 0.717) is 22.3 Å². The van der Waals surface area contributed by atoms with Crippen molar-refractivity contribution < 1.29 is 0 Å².